The van der Waals surface area contributed by atoms with Crippen LogP contribution in [0.4, 0.5) is 0 Å². The maximum atomic E-state index is 12.9. The van der Waals surface area contributed by atoms with Crippen molar-refractivity contribution in [3.8, 4) is 0 Å². The number of carbonyl (C=O) groups excluding carboxylic acids is 2. The third-order valence-corrected chi connectivity index (χ3v) is 5.31. The molecule has 27 heavy (non-hydrogen) atoms. The molecule has 2 aromatic rings. The highest BCUT2D eigenvalue weighted by molar-refractivity contribution is 5.95. The lowest BCUT2D eigenvalue weighted by atomic mass is 10.1. The zero-order valence-corrected chi connectivity index (χ0v) is 15.1. The summed E-state index contributed by atoms with van der Waals surface area (Å²) in [7, 11) is 0. The second-order valence-electron chi connectivity index (χ2n) is 7.08. The smallest absolute Gasteiger partial charge is 0.274 e. The van der Waals surface area contributed by atoms with Gasteiger partial charge in [-0.15, -0.1) is 0 Å². The first-order valence-electron chi connectivity index (χ1n) is 9.38. The van der Waals surface area contributed by atoms with E-state index in [0.717, 1.165) is 24.8 Å². The number of hydrogen-bond donors (Lipinski definition) is 1. The van der Waals surface area contributed by atoms with Crippen LogP contribution in [0.3, 0.4) is 0 Å². The van der Waals surface area contributed by atoms with Crippen LogP contribution in [0.15, 0.2) is 35.1 Å². The van der Waals surface area contributed by atoms with Gasteiger partial charge in [-0.2, -0.15) is 5.10 Å². The van der Waals surface area contributed by atoms with Crippen molar-refractivity contribution in [1.29, 1.82) is 0 Å². The number of carbonyl (C=O) groups is 2. The number of nitrogens with one attached hydrogen (secondary N) is 1. The highest BCUT2D eigenvalue weighted by atomic mass is 16.2. The summed E-state index contributed by atoms with van der Waals surface area (Å²) in [5.41, 5.74) is 3.25. The monoisotopic (exact) mass is 366 g/mol. The molecule has 0 radical (unpaired) electrons. The van der Waals surface area contributed by atoms with E-state index in [1.54, 1.807) is 4.90 Å². The van der Waals surface area contributed by atoms with Crippen molar-refractivity contribution >= 4 is 11.8 Å². The van der Waals surface area contributed by atoms with Gasteiger partial charge in [-0.1, -0.05) is 6.07 Å². The molecule has 7 nitrogen and oxygen atoms in total. The van der Waals surface area contributed by atoms with Crippen LogP contribution in [0.5, 0.6) is 0 Å². The number of benzene rings is 1. The zero-order chi connectivity index (χ0) is 18.8. The van der Waals surface area contributed by atoms with Crippen LogP contribution in [0, 0.1) is 0 Å². The fourth-order valence-electron chi connectivity index (χ4n) is 3.84. The largest absolute Gasteiger partial charge is 0.337 e. The van der Waals surface area contributed by atoms with Crippen LogP contribution >= 0.6 is 0 Å². The lowest BCUT2D eigenvalue weighted by Gasteiger charge is -2.22. The topological polar surface area (TPSA) is 86.4 Å². The molecule has 0 bridgehead atoms. The summed E-state index contributed by atoms with van der Waals surface area (Å²) in [5, 5.41) is 6.10. The quantitative estimate of drug-likeness (QED) is 0.867. The van der Waals surface area contributed by atoms with Crippen LogP contribution in [-0.4, -0.2) is 58.0 Å². The van der Waals surface area contributed by atoms with Crippen LogP contribution in [0.25, 0.3) is 0 Å². The predicted octanol–water partition coefficient (Wildman–Crippen LogP) is 1.25. The molecule has 1 N–H and O–H groups in total. The van der Waals surface area contributed by atoms with Crippen LogP contribution in [-0.2, 0) is 12.8 Å². The molecular formula is C20H22N4O3. The Balaban J connectivity index is 1.43. The van der Waals surface area contributed by atoms with Gasteiger partial charge in [0.2, 0.25) is 0 Å². The van der Waals surface area contributed by atoms with Crippen molar-refractivity contribution in [2.24, 2.45) is 0 Å². The first kappa shape index (κ1) is 17.5. The van der Waals surface area contributed by atoms with Gasteiger partial charge in [0.05, 0.1) is 0 Å². The number of aryl methyl sites for hydroxylation is 2. The van der Waals surface area contributed by atoms with Gasteiger partial charge in [-0.3, -0.25) is 14.4 Å². The molecule has 0 unspecified atom stereocenters. The van der Waals surface area contributed by atoms with Gasteiger partial charge in [0, 0.05) is 37.8 Å². The normalized spacial score (nSPS) is 16.7. The summed E-state index contributed by atoms with van der Waals surface area (Å²) in [6.45, 7) is 2.13. The Morgan fingerprint density at radius 3 is 2.33 bits per heavy atom. The number of amides is 2. The Morgan fingerprint density at radius 2 is 1.59 bits per heavy atom. The number of rotatable bonds is 2. The molecule has 4 rings (SSSR count). The van der Waals surface area contributed by atoms with Crippen LogP contribution in [0.2, 0.25) is 0 Å². The van der Waals surface area contributed by atoms with E-state index in [4.69, 9.17) is 0 Å². The molecule has 1 aromatic heterocycles. The Labute approximate surface area is 157 Å². The number of hydrogen-bond acceptors (Lipinski definition) is 4. The summed E-state index contributed by atoms with van der Waals surface area (Å²) < 4.78 is 0. The molecule has 7 heteroatoms. The molecule has 1 aliphatic carbocycles. The van der Waals surface area contributed by atoms with Crippen molar-refractivity contribution in [3.05, 3.63) is 63.1 Å². The lowest BCUT2D eigenvalue weighted by molar-refractivity contribution is 0.0715. The van der Waals surface area contributed by atoms with Crippen molar-refractivity contribution in [2.75, 3.05) is 26.2 Å². The van der Waals surface area contributed by atoms with Crippen LogP contribution < -0.4 is 5.56 Å². The molecule has 2 aliphatic rings. The molecule has 1 fully saturated rings. The second-order valence-corrected chi connectivity index (χ2v) is 7.08. The zero-order valence-electron chi connectivity index (χ0n) is 15.1. The number of nitrogens with zero attached hydrogens (tertiary/aromatic N) is 3. The molecule has 0 atom stereocenters. The molecular weight excluding hydrogens is 344 g/mol. The van der Waals surface area contributed by atoms with Gasteiger partial charge >= 0.3 is 0 Å². The fraction of sp³-hybridized carbons (Fsp3) is 0.400. The third kappa shape index (κ3) is 3.63. The van der Waals surface area contributed by atoms with Gasteiger partial charge in [0.1, 0.15) is 5.69 Å². The van der Waals surface area contributed by atoms with Crippen molar-refractivity contribution in [3.63, 3.8) is 0 Å². The van der Waals surface area contributed by atoms with Crippen molar-refractivity contribution in [2.45, 2.75) is 25.7 Å². The summed E-state index contributed by atoms with van der Waals surface area (Å²) in [5.74, 6) is -0.195. The summed E-state index contributed by atoms with van der Waals surface area (Å²) in [6, 6.07) is 8.75. The van der Waals surface area contributed by atoms with E-state index in [0.29, 0.717) is 32.6 Å². The van der Waals surface area contributed by atoms with Gasteiger partial charge in [0.25, 0.3) is 17.4 Å². The van der Waals surface area contributed by atoms with E-state index >= 15 is 0 Å². The average Bonchev–Trinajstić information content (AvgIpc) is 3.02. The van der Waals surface area contributed by atoms with Gasteiger partial charge < -0.3 is 9.80 Å². The molecule has 2 heterocycles. The summed E-state index contributed by atoms with van der Waals surface area (Å²) >= 11 is 0. The number of H-pyrrole nitrogens is 1. The minimum atomic E-state index is -0.339. The van der Waals surface area contributed by atoms with E-state index in [9.17, 15) is 14.4 Å². The number of aromatic amines is 1. The number of fused-ring (bicyclic) bond motifs is 1. The molecule has 1 saturated heterocycles. The second kappa shape index (κ2) is 7.34. The standard InChI is InChI=1S/C20H22N4O3/c25-18-8-7-17(21-22-18)20(27)24-10-2-9-23(11-12-24)19(26)16-6-5-14-3-1-4-15(14)13-16/h5-8,13H,1-4,9-12H2,(H,22,25). The Bertz CT molecular complexity index is 917. The first-order chi connectivity index (χ1) is 13.1. The van der Waals surface area contributed by atoms with Crippen molar-refractivity contribution in [1.82, 2.24) is 20.0 Å². The molecule has 140 valence electrons. The lowest BCUT2D eigenvalue weighted by Crippen LogP contribution is -2.37. The van der Waals surface area contributed by atoms with E-state index in [2.05, 4.69) is 16.3 Å². The van der Waals surface area contributed by atoms with Gasteiger partial charge in [-0.25, -0.2) is 5.10 Å². The predicted molar refractivity (Wildman–Crippen MR) is 99.7 cm³/mol. The average molecular weight is 366 g/mol. The third-order valence-electron chi connectivity index (χ3n) is 5.31. The maximum Gasteiger partial charge on any atom is 0.274 e. The van der Waals surface area contributed by atoms with E-state index in [1.165, 1.54) is 23.3 Å². The Hall–Kier alpha value is -2.96. The highest BCUT2D eigenvalue weighted by Gasteiger charge is 2.25. The van der Waals surface area contributed by atoms with E-state index in [-0.39, 0.29) is 23.1 Å². The molecule has 1 aliphatic heterocycles. The summed E-state index contributed by atoms with van der Waals surface area (Å²) in [6.07, 6.45) is 4.02. The number of aromatic nitrogens is 2. The maximum absolute atomic E-state index is 12.9. The summed E-state index contributed by atoms with van der Waals surface area (Å²) in [4.78, 5) is 40.1. The first-order valence-corrected chi connectivity index (χ1v) is 9.38. The molecule has 0 spiro atoms. The van der Waals surface area contributed by atoms with Crippen molar-refractivity contribution < 1.29 is 9.59 Å². The van der Waals surface area contributed by atoms with Crippen LogP contribution in [0.1, 0.15) is 44.8 Å². The Morgan fingerprint density at radius 1 is 0.852 bits per heavy atom. The Kier molecular flexibility index (Phi) is 4.75. The minimum Gasteiger partial charge on any atom is -0.337 e. The molecule has 2 amide bonds. The van der Waals surface area contributed by atoms with E-state index in [1.807, 2.05) is 17.0 Å². The van der Waals surface area contributed by atoms with Gasteiger partial charge in [0.15, 0.2) is 0 Å². The van der Waals surface area contributed by atoms with E-state index < -0.39 is 0 Å². The molecule has 1 aromatic carbocycles. The SMILES string of the molecule is O=C(c1ccc2c(c1)CCC2)N1CCCN(C(=O)c2ccc(=O)[nH]n2)CC1. The van der Waals surface area contributed by atoms with Gasteiger partial charge in [-0.05, 0) is 55.0 Å². The highest BCUT2D eigenvalue weighted by Crippen LogP contribution is 2.23. The molecule has 0 saturated carbocycles. The minimum absolute atomic E-state index is 0.0289. The fourth-order valence-corrected chi connectivity index (χ4v) is 3.84.